The normalized spacial score (nSPS) is 22.0. The second-order valence-corrected chi connectivity index (χ2v) is 10.6. The lowest BCUT2D eigenvalue weighted by molar-refractivity contribution is -0.139. The van der Waals surface area contributed by atoms with E-state index in [-0.39, 0.29) is 28.8 Å². The summed E-state index contributed by atoms with van der Waals surface area (Å²) in [5.41, 5.74) is 0.734. The quantitative estimate of drug-likeness (QED) is 0.786. The van der Waals surface area contributed by atoms with Crippen LogP contribution in [0.1, 0.15) is 45.1 Å². The average molecular weight is 397 g/mol. The summed E-state index contributed by atoms with van der Waals surface area (Å²) in [6, 6.07) is 5.55. The van der Waals surface area contributed by atoms with E-state index in [0.717, 1.165) is 25.9 Å². The molecule has 1 aromatic carbocycles. The van der Waals surface area contributed by atoms with Crippen LogP contribution in [0, 0.1) is 17.2 Å². The molecule has 0 spiro atoms. The molecule has 3 rings (SSSR count). The van der Waals surface area contributed by atoms with Crippen LogP contribution in [-0.2, 0) is 20.6 Å². The van der Waals surface area contributed by atoms with Crippen molar-refractivity contribution in [1.29, 1.82) is 0 Å². The van der Waals surface area contributed by atoms with Crippen molar-refractivity contribution in [2.24, 2.45) is 11.3 Å². The Labute approximate surface area is 161 Å². The molecule has 0 aliphatic carbocycles. The molecule has 2 fully saturated rings. The molecule has 0 bridgehead atoms. The summed E-state index contributed by atoms with van der Waals surface area (Å²) in [4.78, 5) is 14.8. The number of piperidine rings is 2. The van der Waals surface area contributed by atoms with Crippen molar-refractivity contribution in [3.05, 3.63) is 35.6 Å². The number of nitrogens with zero attached hydrogens (tertiary/aromatic N) is 2. The van der Waals surface area contributed by atoms with Crippen molar-refractivity contribution in [3.63, 3.8) is 0 Å². The largest absolute Gasteiger partial charge is 0.342 e. The fraction of sp³-hybridized carbons (Fsp3) is 0.650. The van der Waals surface area contributed by atoms with E-state index in [4.69, 9.17) is 0 Å². The monoisotopic (exact) mass is 396 g/mol. The molecule has 0 unspecified atom stereocenters. The van der Waals surface area contributed by atoms with Crippen LogP contribution < -0.4 is 0 Å². The van der Waals surface area contributed by atoms with E-state index in [0.29, 0.717) is 31.5 Å². The van der Waals surface area contributed by atoms with E-state index in [2.05, 4.69) is 13.8 Å². The first kappa shape index (κ1) is 20.3. The van der Waals surface area contributed by atoms with Crippen LogP contribution in [0.4, 0.5) is 4.39 Å². The van der Waals surface area contributed by atoms with Crippen LogP contribution in [0.15, 0.2) is 24.3 Å². The number of carbonyl (C=O) groups is 1. The molecule has 0 radical (unpaired) electrons. The number of hydrogen-bond acceptors (Lipinski definition) is 3. The van der Waals surface area contributed by atoms with Gasteiger partial charge in [0.15, 0.2) is 0 Å². The molecule has 2 saturated heterocycles. The van der Waals surface area contributed by atoms with Crippen LogP contribution in [0.2, 0.25) is 0 Å². The molecule has 2 aliphatic rings. The topological polar surface area (TPSA) is 57.7 Å². The molecule has 1 amide bonds. The van der Waals surface area contributed by atoms with Crippen molar-refractivity contribution in [3.8, 4) is 0 Å². The van der Waals surface area contributed by atoms with Gasteiger partial charge in [0, 0.05) is 32.1 Å². The van der Waals surface area contributed by atoms with Crippen molar-refractivity contribution < 1.29 is 17.6 Å². The van der Waals surface area contributed by atoms with Gasteiger partial charge in [0.05, 0.1) is 5.75 Å². The van der Waals surface area contributed by atoms with E-state index in [1.807, 2.05) is 4.90 Å². The summed E-state index contributed by atoms with van der Waals surface area (Å²) in [6.07, 6.45) is 3.30. The Bertz CT molecular complexity index is 769. The van der Waals surface area contributed by atoms with Gasteiger partial charge in [-0.25, -0.2) is 17.1 Å². The van der Waals surface area contributed by atoms with E-state index < -0.39 is 10.0 Å². The fourth-order valence-corrected chi connectivity index (χ4v) is 5.70. The standard InChI is InChI=1S/C20H29FN2O3S/c1-20(2)10-3-11-22(15-20)19(24)17-8-12-23(13-9-17)27(25,26)14-16-4-6-18(21)7-5-16/h4-7,17H,3,8-15H2,1-2H3. The summed E-state index contributed by atoms with van der Waals surface area (Å²) in [5, 5.41) is 0. The Morgan fingerprint density at radius 2 is 1.78 bits per heavy atom. The molecule has 5 nitrogen and oxygen atoms in total. The molecule has 150 valence electrons. The Hall–Kier alpha value is -1.47. The zero-order valence-corrected chi connectivity index (χ0v) is 17.0. The highest BCUT2D eigenvalue weighted by Gasteiger charge is 2.36. The molecule has 0 aromatic heterocycles. The molecule has 1 aromatic rings. The first-order chi connectivity index (χ1) is 12.7. The van der Waals surface area contributed by atoms with Crippen LogP contribution in [0.5, 0.6) is 0 Å². The Balaban J connectivity index is 1.56. The van der Waals surface area contributed by atoms with Gasteiger partial charge in [-0.15, -0.1) is 0 Å². The molecular formula is C20H29FN2O3S. The van der Waals surface area contributed by atoms with Gasteiger partial charge in [-0.2, -0.15) is 0 Å². The van der Waals surface area contributed by atoms with Gasteiger partial charge in [-0.1, -0.05) is 26.0 Å². The first-order valence-corrected chi connectivity index (χ1v) is 11.3. The third-order valence-corrected chi connectivity index (χ3v) is 7.52. The SMILES string of the molecule is CC1(C)CCCN(C(=O)C2CCN(S(=O)(=O)Cc3ccc(F)cc3)CC2)C1. The van der Waals surface area contributed by atoms with Crippen LogP contribution in [-0.4, -0.2) is 49.7 Å². The lowest BCUT2D eigenvalue weighted by Gasteiger charge is -2.40. The zero-order chi connectivity index (χ0) is 19.7. The van der Waals surface area contributed by atoms with Gasteiger partial charge in [-0.05, 0) is 48.8 Å². The number of amides is 1. The second kappa shape index (κ2) is 7.87. The fourth-order valence-electron chi connectivity index (χ4n) is 4.13. The Kier molecular flexibility index (Phi) is 5.91. The van der Waals surface area contributed by atoms with Gasteiger partial charge >= 0.3 is 0 Å². The van der Waals surface area contributed by atoms with Crippen LogP contribution in [0.25, 0.3) is 0 Å². The molecule has 2 heterocycles. The van der Waals surface area contributed by atoms with E-state index in [1.165, 1.54) is 28.6 Å². The first-order valence-electron chi connectivity index (χ1n) is 9.67. The molecule has 2 aliphatic heterocycles. The molecule has 0 saturated carbocycles. The maximum absolute atomic E-state index is 13.0. The van der Waals surface area contributed by atoms with E-state index in [9.17, 15) is 17.6 Å². The van der Waals surface area contributed by atoms with Crippen molar-refractivity contribution >= 4 is 15.9 Å². The summed E-state index contributed by atoms with van der Waals surface area (Å²) in [5.74, 6) is -0.419. The smallest absolute Gasteiger partial charge is 0.225 e. The summed E-state index contributed by atoms with van der Waals surface area (Å²) in [6.45, 7) is 6.72. The highest BCUT2D eigenvalue weighted by atomic mass is 32.2. The van der Waals surface area contributed by atoms with Crippen molar-refractivity contribution in [2.45, 2.75) is 45.3 Å². The van der Waals surface area contributed by atoms with Crippen LogP contribution >= 0.6 is 0 Å². The molecule has 27 heavy (non-hydrogen) atoms. The highest BCUT2D eigenvalue weighted by Crippen LogP contribution is 2.31. The average Bonchev–Trinajstić information content (AvgIpc) is 2.62. The van der Waals surface area contributed by atoms with Crippen molar-refractivity contribution in [1.82, 2.24) is 9.21 Å². The minimum absolute atomic E-state index is 0.0869. The van der Waals surface area contributed by atoms with Gasteiger partial charge in [0.2, 0.25) is 15.9 Å². The number of hydrogen-bond donors (Lipinski definition) is 0. The van der Waals surface area contributed by atoms with Crippen LogP contribution in [0.3, 0.4) is 0 Å². The third kappa shape index (κ3) is 5.08. The molecular weight excluding hydrogens is 367 g/mol. The van der Waals surface area contributed by atoms with Gasteiger partial charge < -0.3 is 4.90 Å². The maximum atomic E-state index is 13.0. The number of halogens is 1. The molecule has 0 atom stereocenters. The second-order valence-electron chi connectivity index (χ2n) is 8.58. The molecule has 0 N–H and O–H groups in total. The van der Waals surface area contributed by atoms with Gasteiger partial charge in [-0.3, -0.25) is 4.79 Å². The van der Waals surface area contributed by atoms with E-state index >= 15 is 0 Å². The predicted octanol–water partition coefficient (Wildman–Crippen LogP) is 3.02. The number of rotatable bonds is 4. The summed E-state index contributed by atoms with van der Waals surface area (Å²) in [7, 11) is -3.46. The molecule has 7 heteroatoms. The maximum Gasteiger partial charge on any atom is 0.225 e. The number of sulfonamides is 1. The zero-order valence-electron chi connectivity index (χ0n) is 16.2. The lowest BCUT2D eigenvalue weighted by atomic mass is 9.83. The number of carbonyl (C=O) groups excluding carboxylic acids is 1. The minimum Gasteiger partial charge on any atom is -0.342 e. The van der Waals surface area contributed by atoms with Crippen molar-refractivity contribution in [2.75, 3.05) is 26.2 Å². The van der Waals surface area contributed by atoms with E-state index in [1.54, 1.807) is 0 Å². The van der Waals surface area contributed by atoms with Gasteiger partial charge in [0.1, 0.15) is 5.82 Å². The number of benzene rings is 1. The number of likely N-dealkylation sites (tertiary alicyclic amines) is 1. The predicted molar refractivity (Wildman–Crippen MR) is 103 cm³/mol. The Morgan fingerprint density at radius 3 is 2.37 bits per heavy atom. The lowest BCUT2D eigenvalue weighted by Crippen LogP contribution is -2.49. The minimum atomic E-state index is -3.46. The third-order valence-electron chi connectivity index (χ3n) is 5.67. The Morgan fingerprint density at radius 1 is 1.15 bits per heavy atom. The summed E-state index contributed by atoms with van der Waals surface area (Å²) < 4.78 is 39.8. The van der Waals surface area contributed by atoms with Gasteiger partial charge in [0.25, 0.3) is 0 Å². The highest BCUT2D eigenvalue weighted by molar-refractivity contribution is 7.88. The summed E-state index contributed by atoms with van der Waals surface area (Å²) >= 11 is 0.